The molecule has 0 aliphatic rings. The van der Waals surface area contributed by atoms with Crippen LogP contribution in [0.2, 0.25) is 5.02 Å². The molecule has 5 nitrogen and oxygen atoms in total. The van der Waals surface area contributed by atoms with Crippen molar-refractivity contribution in [1.82, 2.24) is 14.7 Å². The third-order valence-corrected chi connectivity index (χ3v) is 3.92. The molecule has 0 atom stereocenters. The molecule has 2 aromatic heterocycles. The van der Waals surface area contributed by atoms with Crippen molar-refractivity contribution in [3.05, 3.63) is 65.1 Å². The highest BCUT2D eigenvalue weighted by Gasteiger charge is 2.07. The lowest BCUT2D eigenvalue weighted by Crippen LogP contribution is -2.27. The molecule has 0 bridgehead atoms. The molecule has 0 radical (unpaired) electrons. The number of hydrogen-bond acceptors (Lipinski definition) is 3. The Morgan fingerprint density at radius 2 is 2.00 bits per heavy atom. The molecule has 3 rings (SSSR count). The van der Waals surface area contributed by atoms with Crippen LogP contribution in [0.15, 0.2) is 48.8 Å². The van der Waals surface area contributed by atoms with Crippen molar-refractivity contribution in [3.8, 4) is 5.75 Å². The van der Waals surface area contributed by atoms with Crippen molar-refractivity contribution in [1.29, 1.82) is 0 Å². The number of amides is 1. The first kappa shape index (κ1) is 16.3. The van der Waals surface area contributed by atoms with Crippen LogP contribution in [0.25, 0.3) is 5.65 Å². The predicted molar refractivity (Wildman–Crippen MR) is 93.6 cm³/mol. The lowest BCUT2D eigenvalue weighted by Gasteiger charge is -2.05. The Labute approximate surface area is 145 Å². The highest BCUT2D eigenvalue weighted by molar-refractivity contribution is 6.30. The summed E-state index contributed by atoms with van der Waals surface area (Å²) in [5, 5.41) is 3.55. The van der Waals surface area contributed by atoms with Crippen LogP contribution in [0.4, 0.5) is 0 Å². The van der Waals surface area contributed by atoms with Gasteiger partial charge in [-0.05, 0) is 36.2 Å². The fourth-order valence-electron chi connectivity index (χ4n) is 2.47. The molecule has 2 heterocycles. The van der Waals surface area contributed by atoms with Crippen molar-refractivity contribution in [3.63, 3.8) is 0 Å². The lowest BCUT2D eigenvalue weighted by atomic mass is 10.1. The number of aromatic nitrogens is 2. The molecule has 0 spiro atoms. The number of carbonyl (C=O) groups is 1. The van der Waals surface area contributed by atoms with E-state index in [1.165, 1.54) is 0 Å². The van der Waals surface area contributed by atoms with Gasteiger partial charge in [-0.15, -0.1) is 0 Å². The summed E-state index contributed by atoms with van der Waals surface area (Å²) in [5.41, 5.74) is 2.65. The molecular formula is C18H18ClN3O2. The van der Waals surface area contributed by atoms with Crippen LogP contribution in [0, 0.1) is 0 Å². The Balaban J connectivity index is 1.51. The van der Waals surface area contributed by atoms with Gasteiger partial charge >= 0.3 is 0 Å². The standard InChI is InChI=1S/C18H18ClN3O2/c1-24-16-5-2-13(3-6-16)8-9-20-18(23)10-15-12-22-11-14(19)4-7-17(22)21-15/h2-7,11-12H,8-10H2,1H3,(H,20,23). The zero-order valence-corrected chi connectivity index (χ0v) is 14.1. The van der Waals surface area contributed by atoms with Gasteiger partial charge in [-0.3, -0.25) is 4.79 Å². The third kappa shape index (κ3) is 4.06. The largest absolute Gasteiger partial charge is 0.497 e. The van der Waals surface area contributed by atoms with E-state index >= 15 is 0 Å². The third-order valence-electron chi connectivity index (χ3n) is 3.70. The number of hydrogen-bond donors (Lipinski definition) is 1. The minimum atomic E-state index is -0.0435. The Bertz CT molecular complexity index is 843. The second-order valence-corrected chi connectivity index (χ2v) is 5.91. The fraction of sp³-hybridized carbons (Fsp3) is 0.222. The number of rotatable bonds is 6. The van der Waals surface area contributed by atoms with Crippen molar-refractivity contribution >= 4 is 23.2 Å². The maximum absolute atomic E-state index is 12.0. The molecule has 0 fully saturated rings. The normalized spacial score (nSPS) is 10.8. The second-order valence-electron chi connectivity index (χ2n) is 5.47. The van der Waals surface area contributed by atoms with Gasteiger partial charge < -0.3 is 14.5 Å². The average Bonchev–Trinajstić information content (AvgIpc) is 2.96. The topological polar surface area (TPSA) is 55.6 Å². The molecular weight excluding hydrogens is 326 g/mol. The molecule has 0 unspecified atom stereocenters. The summed E-state index contributed by atoms with van der Waals surface area (Å²) in [5.74, 6) is 0.785. The number of nitrogens with zero attached hydrogens (tertiary/aromatic N) is 2. The van der Waals surface area contributed by atoms with Gasteiger partial charge in [0.15, 0.2) is 0 Å². The van der Waals surface area contributed by atoms with Gasteiger partial charge in [0, 0.05) is 18.9 Å². The van der Waals surface area contributed by atoms with Crippen LogP contribution in [0.1, 0.15) is 11.3 Å². The SMILES string of the molecule is COc1ccc(CCNC(=O)Cc2cn3cc(Cl)ccc3n2)cc1. The predicted octanol–water partition coefficient (Wildman–Crippen LogP) is 2.90. The van der Waals surface area contributed by atoms with E-state index in [4.69, 9.17) is 16.3 Å². The quantitative estimate of drug-likeness (QED) is 0.748. The minimum absolute atomic E-state index is 0.0435. The van der Waals surface area contributed by atoms with E-state index in [1.54, 1.807) is 19.4 Å². The van der Waals surface area contributed by atoms with Crippen LogP contribution in [0.5, 0.6) is 5.75 Å². The van der Waals surface area contributed by atoms with Gasteiger partial charge in [0.05, 0.1) is 24.2 Å². The molecule has 1 aromatic carbocycles. The van der Waals surface area contributed by atoms with Crippen LogP contribution >= 0.6 is 11.6 Å². The summed E-state index contributed by atoms with van der Waals surface area (Å²) in [6, 6.07) is 11.4. The Morgan fingerprint density at radius 3 is 2.75 bits per heavy atom. The van der Waals surface area contributed by atoms with E-state index in [-0.39, 0.29) is 12.3 Å². The molecule has 0 aliphatic heterocycles. The summed E-state index contributed by atoms with van der Waals surface area (Å²) in [7, 11) is 1.64. The van der Waals surface area contributed by atoms with Crippen molar-refractivity contribution in [2.24, 2.45) is 0 Å². The molecule has 24 heavy (non-hydrogen) atoms. The van der Waals surface area contributed by atoms with Crippen LogP contribution in [-0.4, -0.2) is 28.9 Å². The fourth-order valence-corrected chi connectivity index (χ4v) is 2.64. The molecule has 0 saturated heterocycles. The highest BCUT2D eigenvalue weighted by atomic mass is 35.5. The second kappa shape index (κ2) is 7.36. The smallest absolute Gasteiger partial charge is 0.226 e. The van der Waals surface area contributed by atoms with E-state index in [0.29, 0.717) is 11.6 Å². The van der Waals surface area contributed by atoms with E-state index in [0.717, 1.165) is 29.1 Å². The number of ether oxygens (including phenoxy) is 1. The zero-order chi connectivity index (χ0) is 16.9. The molecule has 0 aliphatic carbocycles. The number of imidazole rings is 1. The number of nitrogens with one attached hydrogen (secondary N) is 1. The molecule has 1 amide bonds. The number of benzene rings is 1. The van der Waals surface area contributed by atoms with Crippen LogP contribution < -0.4 is 10.1 Å². The number of fused-ring (bicyclic) bond motifs is 1. The number of methoxy groups -OCH3 is 1. The lowest BCUT2D eigenvalue weighted by molar-refractivity contribution is -0.120. The van der Waals surface area contributed by atoms with E-state index in [1.807, 2.05) is 40.9 Å². The highest BCUT2D eigenvalue weighted by Crippen LogP contribution is 2.13. The molecule has 0 saturated carbocycles. The van der Waals surface area contributed by atoms with Gasteiger partial charge in [0.1, 0.15) is 11.4 Å². The number of halogens is 1. The summed E-state index contributed by atoms with van der Waals surface area (Å²) < 4.78 is 6.95. The van der Waals surface area contributed by atoms with Crippen molar-refractivity contribution in [2.45, 2.75) is 12.8 Å². The van der Waals surface area contributed by atoms with Gasteiger partial charge in [0.2, 0.25) is 5.91 Å². The van der Waals surface area contributed by atoms with Gasteiger partial charge in [-0.1, -0.05) is 23.7 Å². The van der Waals surface area contributed by atoms with E-state index < -0.39 is 0 Å². The summed E-state index contributed by atoms with van der Waals surface area (Å²) in [6.45, 7) is 0.588. The first-order valence-corrected chi connectivity index (χ1v) is 8.04. The van der Waals surface area contributed by atoms with Gasteiger partial charge in [-0.25, -0.2) is 4.98 Å². The minimum Gasteiger partial charge on any atom is -0.497 e. The molecule has 1 N–H and O–H groups in total. The summed E-state index contributed by atoms with van der Waals surface area (Å²) in [4.78, 5) is 16.4. The Morgan fingerprint density at radius 1 is 1.21 bits per heavy atom. The Hall–Kier alpha value is -2.53. The first-order valence-electron chi connectivity index (χ1n) is 7.67. The number of carbonyl (C=O) groups excluding carboxylic acids is 1. The monoisotopic (exact) mass is 343 g/mol. The molecule has 3 aromatic rings. The summed E-state index contributed by atoms with van der Waals surface area (Å²) in [6.07, 6.45) is 4.62. The van der Waals surface area contributed by atoms with Crippen LogP contribution in [0.3, 0.4) is 0 Å². The molecule has 124 valence electrons. The first-order chi connectivity index (χ1) is 11.6. The summed E-state index contributed by atoms with van der Waals surface area (Å²) >= 11 is 5.94. The van der Waals surface area contributed by atoms with Crippen molar-refractivity contribution in [2.75, 3.05) is 13.7 Å². The van der Waals surface area contributed by atoms with E-state index in [9.17, 15) is 4.79 Å². The maximum atomic E-state index is 12.0. The van der Waals surface area contributed by atoms with Crippen molar-refractivity contribution < 1.29 is 9.53 Å². The zero-order valence-electron chi connectivity index (χ0n) is 13.3. The maximum Gasteiger partial charge on any atom is 0.226 e. The van der Waals surface area contributed by atoms with Gasteiger partial charge in [-0.2, -0.15) is 0 Å². The number of pyridine rings is 1. The molecule has 6 heteroatoms. The van der Waals surface area contributed by atoms with Crippen LogP contribution in [-0.2, 0) is 17.6 Å². The average molecular weight is 344 g/mol. The van der Waals surface area contributed by atoms with Gasteiger partial charge in [0.25, 0.3) is 0 Å². The van der Waals surface area contributed by atoms with E-state index in [2.05, 4.69) is 10.3 Å². The Kier molecular flexibility index (Phi) is 5.01.